The van der Waals surface area contributed by atoms with Gasteiger partial charge in [-0.15, -0.1) is 0 Å². The van der Waals surface area contributed by atoms with Crippen LogP contribution in [0.5, 0.6) is 0 Å². The predicted molar refractivity (Wildman–Crippen MR) is 91.3 cm³/mol. The van der Waals surface area contributed by atoms with Gasteiger partial charge in [-0.1, -0.05) is 18.2 Å². The van der Waals surface area contributed by atoms with Crippen LogP contribution in [0.4, 0.5) is 24.5 Å². The molecule has 0 unspecified atom stereocenters. The molecule has 2 aromatic carbocycles. The van der Waals surface area contributed by atoms with E-state index in [1.165, 1.54) is 32.3 Å². The average molecular weight is 387 g/mol. The van der Waals surface area contributed by atoms with Gasteiger partial charge in [0.2, 0.25) is 5.91 Å². The van der Waals surface area contributed by atoms with E-state index in [-0.39, 0.29) is 5.69 Å². The molecule has 0 radical (unpaired) electrons. The minimum Gasteiger partial charge on any atom is -0.320 e. The minimum atomic E-state index is -4.24. The standard InChI is InChI=1S/C16H16F3N3O3S/c1-21(2)26(24,25)22(14-9-4-3-6-11(14)17)10-15(23)20-16-12(18)7-5-8-13(16)19/h3-9H,10H2,1-2H3,(H,20,23). The molecule has 0 aliphatic carbocycles. The molecule has 2 rings (SSSR count). The fourth-order valence-electron chi connectivity index (χ4n) is 2.07. The molecule has 140 valence electrons. The Bertz CT molecular complexity index is 900. The van der Waals surface area contributed by atoms with Crippen molar-refractivity contribution in [3.63, 3.8) is 0 Å². The minimum absolute atomic E-state index is 0.370. The Balaban J connectivity index is 2.36. The summed E-state index contributed by atoms with van der Waals surface area (Å²) in [5.41, 5.74) is -1.08. The summed E-state index contributed by atoms with van der Waals surface area (Å²) in [5, 5.41) is 1.97. The highest BCUT2D eigenvalue weighted by atomic mass is 32.2. The molecule has 10 heteroatoms. The van der Waals surface area contributed by atoms with Crippen molar-refractivity contribution in [2.45, 2.75) is 0 Å². The van der Waals surface area contributed by atoms with Crippen LogP contribution in [-0.4, -0.2) is 39.3 Å². The van der Waals surface area contributed by atoms with Gasteiger partial charge in [-0.05, 0) is 24.3 Å². The van der Waals surface area contributed by atoms with Crippen LogP contribution >= 0.6 is 0 Å². The monoisotopic (exact) mass is 387 g/mol. The maximum Gasteiger partial charge on any atom is 0.304 e. The second kappa shape index (κ2) is 7.75. The third kappa shape index (κ3) is 4.14. The molecule has 0 saturated carbocycles. The van der Waals surface area contributed by atoms with Gasteiger partial charge in [0, 0.05) is 14.1 Å². The van der Waals surface area contributed by atoms with Gasteiger partial charge >= 0.3 is 10.2 Å². The molecular formula is C16H16F3N3O3S. The number of halogens is 3. The van der Waals surface area contributed by atoms with Gasteiger partial charge in [0.25, 0.3) is 0 Å². The molecule has 6 nitrogen and oxygen atoms in total. The number of nitrogens with zero attached hydrogens (tertiary/aromatic N) is 2. The van der Waals surface area contributed by atoms with Crippen molar-refractivity contribution in [3.05, 3.63) is 59.9 Å². The summed E-state index contributed by atoms with van der Waals surface area (Å²) in [6, 6.07) is 7.94. The maximum absolute atomic E-state index is 14.1. The van der Waals surface area contributed by atoms with E-state index in [0.717, 1.165) is 28.6 Å². The summed E-state index contributed by atoms with van der Waals surface area (Å²) in [7, 11) is -1.83. The lowest BCUT2D eigenvalue weighted by Gasteiger charge is -2.27. The average Bonchev–Trinajstić information content (AvgIpc) is 2.56. The Morgan fingerprint density at radius 2 is 1.50 bits per heavy atom. The van der Waals surface area contributed by atoms with Crippen molar-refractivity contribution in [3.8, 4) is 0 Å². The number of carbonyl (C=O) groups excluding carboxylic acids is 1. The van der Waals surface area contributed by atoms with Crippen LogP contribution < -0.4 is 9.62 Å². The van der Waals surface area contributed by atoms with Crippen LogP contribution in [0.2, 0.25) is 0 Å². The lowest BCUT2D eigenvalue weighted by molar-refractivity contribution is -0.114. The number of hydrogen-bond donors (Lipinski definition) is 1. The fourth-order valence-corrected chi connectivity index (χ4v) is 3.14. The third-order valence-electron chi connectivity index (χ3n) is 3.38. The summed E-state index contributed by atoms with van der Waals surface area (Å²) in [5.74, 6) is -3.96. The van der Waals surface area contributed by atoms with Crippen LogP contribution in [0.15, 0.2) is 42.5 Å². The normalized spacial score (nSPS) is 11.5. The van der Waals surface area contributed by atoms with Crippen LogP contribution in [-0.2, 0) is 15.0 Å². The number of para-hydroxylation sites is 2. The van der Waals surface area contributed by atoms with Crippen molar-refractivity contribution in [1.29, 1.82) is 0 Å². The first-order valence-electron chi connectivity index (χ1n) is 7.33. The highest BCUT2D eigenvalue weighted by molar-refractivity contribution is 7.90. The van der Waals surface area contributed by atoms with Gasteiger partial charge in [-0.25, -0.2) is 17.5 Å². The zero-order valence-corrected chi connectivity index (χ0v) is 14.7. The summed E-state index contributed by atoms with van der Waals surface area (Å²) < 4.78 is 67.6. The largest absolute Gasteiger partial charge is 0.320 e. The van der Waals surface area contributed by atoms with Crippen molar-refractivity contribution in [2.75, 3.05) is 30.3 Å². The SMILES string of the molecule is CN(C)S(=O)(=O)N(CC(=O)Nc1c(F)cccc1F)c1ccccc1F. The Morgan fingerprint density at radius 3 is 2.04 bits per heavy atom. The molecule has 0 atom stereocenters. The molecule has 0 saturated heterocycles. The smallest absolute Gasteiger partial charge is 0.304 e. The van der Waals surface area contributed by atoms with Crippen LogP contribution in [0.25, 0.3) is 0 Å². The molecular weight excluding hydrogens is 371 g/mol. The van der Waals surface area contributed by atoms with Crippen molar-refractivity contribution in [1.82, 2.24) is 4.31 Å². The zero-order valence-electron chi connectivity index (χ0n) is 13.9. The zero-order chi connectivity index (χ0) is 19.5. The number of nitrogens with one attached hydrogen (secondary N) is 1. The second-order valence-electron chi connectivity index (χ2n) is 5.39. The van der Waals surface area contributed by atoms with Gasteiger partial charge in [0.05, 0.1) is 5.69 Å². The van der Waals surface area contributed by atoms with Gasteiger partial charge in [0.1, 0.15) is 29.7 Å². The molecule has 0 aliphatic rings. The van der Waals surface area contributed by atoms with Gasteiger partial charge in [-0.3, -0.25) is 4.79 Å². The number of carbonyl (C=O) groups is 1. The molecule has 0 spiro atoms. The lowest BCUT2D eigenvalue weighted by atomic mass is 10.3. The first-order chi connectivity index (χ1) is 12.1. The van der Waals surface area contributed by atoms with E-state index in [4.69, 9.17) is 0 Å². The van der Waals surface area contributed by atoms with Gasteiger partial charge in [-0.2, -0.15) is 12.7 Å². The number of benzene rings is 2. The predicted octanol–water partition coefficient (Wildman–Crippen LogP) is 2.36. The van der Waals surface area contributed by atoms with Crippen molar-refractivity contribution in [2.24, 2.45) is 0 Å². The number of anilines is 2. The summed E-state index contributed by atoms with van der Waals surface area (Å²) in [6.45, 7) is -0.880. The number of hydrogen-bond acceptors (Lipinski definition) is 3. The Morgan fingerprint density at radius 1 is 0.962 bits per heavy atom. The molecule has 0 aliphatic heterocycles. The number of rotatable bonds is 6. The first kappa shape index (κ1) is 19.7. The quantitative estimate of drug-likeness (QED) is 0.827. The number of amides is 1. The van der Waals surface area contributed by atoms with E-state index < -0.39 is 45.8 Å². The van der Waals surface area contributed by atoms with E-state index >= 15 is 0 Å². The second-order valence-corrected chi connectivity index (χ2v) is 7.46. The van der Waals surface area contributed by atoms with Crippen molar-refractivity contribution < 1.29 is 26.4 Å². The highest BCUT2D eigenvalue weighted by Crippen LogP contribution is 2.23. The Kier molecular flexibility index (Phi) is 5.88. The van der Waals surface area contributed by atoms with Gasteiger partial charge in [0.15, 0.2) is 0 Å². The molecule has 26 heavy (non-hydrogen) atoms. The summed E-state index contributed by atoms with van der Waals surface area (Å²) in [6.07, 6.45) is 0. The Labute approximate surface area is 149 Å². The molecule has 1 N–H and O–H groups in total. The molecule has 2 aromatic rings. The van der Waals surface area contributed by atoms with E-state index in [1.807, 2.05) is 5.32 Å². The third-order valence-corrected chi connectivity index (χ3v) is 5.18. The molecule has 1 amide bonds. The lowest BCUT2D eigenvalue weighted by Crippen LogP contribution is -2.44. The van der Waals surface area contributed by atoms with Crippen molar-refractivity contribution >= 4 is 27.5 Å². The van der Waals surface area contributed by atoms with E-state index in [1.54, 1.807) is 0 Å². The van der Waals surface area contributed by atoms with Crippen LogP contribution in [0.3, 0.4) is 0 Å². The maximum atomic E-state index is 14.1. The van der Waals surface area contributed by atoms with E-state index in [2.05, 4.69) is 0 Å². The first-order valence-corrected chi connectivity index (χ1v) is 8.73. The van der Waals surface area contributed by atoms with E-state index in [9.17, 15) is 26.4 Å². The van der Waals surface area contributed by atoms with E-state index in [0.29, 0.717) is 4.31 Å². The highest BCUT2D eigenvalue weighted by Gasteiger charge is 2.29. The van der Waals surface area contributed by atoms with Crippen LogP contribution in [0, 0.1) is 17.5 Å². The van der Waals surface area contributed by atoms with Gasteiger partial charge < -0.3 is 5.32 Å². The molecule has 0 fully saturated rings. The summed E-state index contributed by atoms with van der Waals surface area (Å²) in [4.78, 5) is 12.2. The molecule has 0 aromatic heterocycles. The topological polar surface area (TPSA) is 69.7 Å². The summed E-state index contributed by atoms with van der Waals surface area (Å²) >= 11 is 0. The molecule has 0 heterocycles. The fraction of sp³-hybridized carbons (Fsp3) is 0.188. The van der Waals surface area contributed by atoms with Crippen LogP contribution in [0.1, 0.15) is 0 Å². The molecule has 0 bridgehead atoms. The Hall–Kier alpha value is -2.59.